The molecule has 8 N–H and O–H groups in total. The van der Waals surface area contributed by atoms with Gasteiger partial charge in [-0.25, -0.2) is 9.59 Å². The van der Waals surface area contributed by atoms with Crippen LogP contribution in [0.1, 0.15) is 85.3 Å². The normalized spacial score (nSPS) is 25.2. The largest absolute Gasteiger partial charge is 0.480 e. The number of benzene rings is 2. The molecule has 3 rings (SSSR count). The Morgan fingerprint density at radius 1 is 0.750 bits per heavy atom. The number of aliphatic carboxylic acids is 2. The van der Waals surface area contributed by atoms with Crippen molar-refractivity contribution in [3.63, 3.8) is 0 Å². The minimum absolute atomic E-state index is 0.00111. The van der Waals surface area contributed by atoms with E-state index in [-0.39, 0.29) is 37.2 Å². The average molecular weight is 1000 g/mol. The highest BCUT2D eigenvalue weighted by molar-refractivity contribution is 6.00. The number of nitrogens with one attached hydrogen (secondary N) is 6. The standard InChI is InChI=1S/C53H73N7O12/c1-30(2)27-42-51(67)59-45(53(70)71)34(6)47(63)56-40(24-22-37-17-13-11-14-18-37)50(66)55-39(23-21-31(3)28-32(4)43(72-10)29-38-19-15-12-16-20-38)33(5)46(62)57-41(52(68)69)25-26-44(61)60(9)36(8)49(65)54-35(7)48(64)58-42/h11-21,23,28,30,32-35,39-43,45H,8,22,24-27,29H2,1-7,9-10H3,(H,54,65)(H,55,66)(H,56,63)(H,57,62)(H,58,64)(H,59,67)(H,68,69)(H,70,71)/b23-21+,31-28+/t32-,33-,34-,35+,39-,40-,41+,42-,43-,45+/m0/s1. The molecule has 2 aromatic rings. The molecule has 0 radical (unpaired) electrons. The number of amides is 7. The zero-order valence-corrected chi connectivity index (χ0v) is 42.7. The molecular formula is C53H73N7O12. The molecule has 72 heavy (non-hydrogen) atoms. The Morgan fingerprint density at radius 3 is 1.89 bits per heavy atom. The first-order valence-corrected chi connectivity index (χ1v) is 24.1. The summed E-state index contributed by atoms with van der Waals surface area (Å²) < 4.78 is 5.84. The summed E-state index contributed by atoms with van der Waals surface area (Å²) in [6.45, 7) is 15.0. The molecular weight excluding hydrogens is 927 g/mol. The number of ether oxygens (including phenoxy) is 1. The number of likely N-dealkylation sites (N-methyl/N-ethyl adjacent to an activating group) is 1. The van der Waals surface area contributed by atoms with Crippen molar-refractivity contribution in [3.05, 3.63) is 108 Å². The number of carboxylic acids is 2. The first kappa shape index (κ1) is 59.2. The van der Waals surface area contributed by atoms with E-state index in [4.69, 9.17) is 4.74 Å². The summed E-state index contributed by atoms with van der Waals surface area (Å²) >= 11 is 0. The highest BCUT2D eigenvalue weighted by Crippen LogP contribution is 2.19. The van der Waals surface area contributed by atoms with E-state index in [9.17, 15) is 53.4 Å². The van der Waals surface area contributed by atoms with Crippen LogP contribution in [0.3, 0.4) is 0 Å². The van der Waals surface area contributed by atoms with Gasteiger partial charge in [0.1, 0.15) is 35.9 Å². The Labute approximate surface area is 422 Å². The van der Waals surface area contributed by atoms with Crippen LogP contribution in [0.15, 0.2) is 96.7 Å². The van der Waals surface area contributed by atoms with Gasteiger partial charge in [0.2, 0.25) is 35.4 Å². The lowest BCUT2D eigenvalue weighted by Gasteiger charge is -2.28. The molecule has 1 fully saturated rings. The van der Waals surface area contributed by atoms with E-state index in [0.29, 0.717) is 6.42 Å². The minimum Gasteiger partial charge on any atom is -0.480 e. The van der Waals surface area contributed by atoms with Crippen molar-refractivity contribution in [1.29, 1.82) is 0 Å². The molecule has 19 heteroatoms. The van der Waals surface area contributed by atoms with E-state index >= 15 is 0 Å². The van der Waals surface area contributed by atoms with E-state index in [2.05, 4.69) is 38.5 Å². The zero-order valence-electron chi connectivity index (χ0n) is 42.7. The van der Waals surface area contributed by atoms with Crippen molar-refractivity contribution in [2.45, 2.75) is 129 Å². The molecule has 7 amide bonds. The molecule has 0 unspecified atom stereocenters. The van der Waals surface area contributed by atoms with Gasteiger partial charge in [-0.05, 0) is 63.0 Å². The molecule has 10 atom stereocenters. The van der Waals surface area contributed by atoms with Crippen molar-refractivity contribution in [2.24, 2.45) is 23.7 Å². The molecule has 0 saturated carbocycles. The summed E-state index contributed by atoms with van der Waals surface area (Å²) in [6.07, 6.45) is 5.06. The molecule has 1 aliphatic rings. The van der Waals surface area contributed by atoms with Crippen molar-refractivity contribution in [1.82, 2.24) is 36.8 Å². The third-order valence-electron chi connectivity index (χ3n) is 12.6. The SMILES string of the molecule is C=C1C(=O)N[C@H](C)C(=O)N[C@@H](CC(C)C)C(=O)N[C@@H](C(=O)O)[C@H](C)C(=O)N[C@@H](CCc2ccccc2)C(=O)N[C@@H](/C=C/C(C)=C/[C@H](C)[C@H](Cc2ccccc2)OC)[C@H](C)C(=O)N[C@@H](C(=O)O)CCC(=O)N1C. The predicted molar refractivity (Wildman–Crippen MR) is 269 cm³/mol. The number of hydrogen-bond acceptors (Lipinski definition) is 10. The number of carboxylic acid groups (broad SMARTS) is 2. The maximum absolute atomic E-state index is 14.5. The van der Waals surface area contributed by atoms with Gasteiger partial charge in [-0.1, -0.05) is 126 Å². The van der Waals surface area contributed by atoms with E-state index in [0.717, 1.165) is 21.6 Å². The third-order valence-corrected chi connectivity index (χ3v) is 12.6. The lowest BCUT2D eigenvalue weighted by atomic mass is 9.94. The molecule has 19 nitrogen and oxygen atoms in total. The molecule has 2 aromatic carbocycles. The van der Waals surface area contributed by atoms with Crippen molar-refractivity contribution in [2.75, 3.05) is 14.2 Å². The maximum atomic E-state index is 14.5. The van der Waals surface area contributed by atoms with Gasteiger partial charge in [0.05, 0.1) is 24.0 Å². The van der Waals surface area contributed by atoms with Gasteiger partial charge in [-0.2, -0.15) is 0 Å². The molecule has 0 aliphatic carbocycles. The van der Waals surface area contributed by atoms with Crippen LogP contribution in [0.4, 0.5) is 0 Å². The smallest absolute Gasteiger partial charge is 0.327 e. The highest BCUT2D eigenvalue weighted by Gasteiger charge is 2.37. The number of allylic oxidation sites excluding steroid dienone is 2. The molecule has 1 saturated heterocycles. The summed E-state index contributed by atoms with van der Waals surface area (Å²) in [6, 6.07) is 10.3. The van der Waals surface area contributed by atoms with Gasteiger partial charge in [-0.3, -0.25) is 33.6 Å². The first-order chi connectivity index (χ1) is 33.9. The second-order valence-corrected chi connectivity index (χ2v) is 18.8. The first-order valence-electron chi connectivity index (χ1n) is 24.1. The fourth-order valence-electron chi connectivity index (χ4n) is 7.91. The summed E-state index contributed by atoms with van der Waals surface area (Å²) in [5.74, 6) is -12.0. The Morgan fingerprint density at radius 2 is 1.32 bits per heavy atom. The van der Waals surface area contributed by atoms with Gasteiger partial charge in [0.15, 0.2) is 0 Å². The Kier molecular flexibility index (Phi) is 23.5. The fourth-order valence-corrected chi connectivity index (χ4v) is 7.91. The van der Waals surface area contributed by atoms with Crippen LogP contribution in [0.2, 0.25) is 0 Å². The summed E-state index contributed by atoms with van der Waals surface area (Å²) in [5.41, 5.74) is 2.22. The molecule has 0 spiro atoms. The summed E-state index contributed by atoms with van der Waals surface area (Å²) in [7, 11) is 2.85. The van der Waals surface area contributed by atoms with Gasteiger partial charge < -0.3 is 51.8 Å². The molecule has 1 aliphatic heterocycles. The topological polar surface area (TPSA) is 279 Å². The Balaban J connectivity index is 2.13. The van der Waals surface area contributed by atoms with Gasteiger partial charge >= 0.3 is 11.9 Å². The van der Waals surface area contributed by atoms with E-state index < -0.39 is 120 Å². The monoisotopic (exact) mass is 1000 g/mol. The summed E-state index contributed by atoms with van der Waals surface area (Å²) in [4.78, 5) is 123. The number of nitrogens with zero attached hydrogens (tertiary/aromatic N) is 1. The quantitative estimate of drug-likeness (QED) is 0.100. The number of methoxy groups -OCH3 is 1. The Hall–Kier alpha value is -7.15. The van der Waals surface area contributed by atoms with Crippen LogP contribution in [-0.4, -0.2) is 125 Å². The lowest BCUT2D eigenvalue weighted by Crippen LogP contribution is -2.59. The van der Waals surface area contributed by atoms with Crippen LogP contribution in [0.25, 0.3) is 0 Å². The molecule has 0 aromatic heterocycles. The van der Waals surface area contributed by atoms with Crippen LogP contribution in [0, 0.1) is 23.7 Å². The zero-order chi connectivity index (χ0) is 53.8. The molecule has 0 bridgehead atoms. The Bertz CT molecular complexity index is 2300. The van der Waals surface area contributed by atoms with Crippen molar-refractivity contribution >= 4 is 53.3 Å². The number of aryl methyl sites for hydroxylation is 1. The fraction of sp³-hybridized carbons (Fsp3) is 0.491. The van der Waals surface area contributed by atoms with Crippen molar-refractivity contribution in [3.8, 4) is 0 Å². The molecule has 392 valence electrons. The number of rotatable bonds is 14. The van der Waals surface area contributed by atoms with Gasteiger partial charge in [-0.15, -0.1) is 0 Å². The minimum atomic E-state index is -1.85. The van der Waals surface area contributed by atoms with E-state index in [1.165, 1.54) is 27.8 Å². The second kappa shape index (κ2) is 28.6. The van der Waals surface area contributed by atoms with Crippen LogP contribution < -0.4 is 31.9 Å². The van der Waals surface area contributed by atoms with Gasteiger partial charge in [0, 0.05) is 26.5 Å². The average Bonchev–Trinajstić information content (AvgIpc) is 3.34. The predicted octanol–water partition coefficient (Wildman–Crippen LogP) is 3.20. The van der Waals surface area contributed by atoms with E-state index in [1.54, 1.807) is 45.2 Å². The maximum Gasteiger partial charge on any atom is 0.327 e. The lowest BCUT2D eigenvalue weighted by molar-refractivity contribution is -0.146. The van der Waals surface area contributed by atoms with Crippen LogP contribution >= 0.6 is 0 Å². The molecule has 1 heterocycles. The third kappa shape index (κ3) is 18.5. The van der Waals surface area contributed by atoms with Gasteiger partial charge in [0.25, 0.3) is 5.91 Å². The van der Waals surface area contributed by atoms with Crippen LogP contribution in [-0.2, 0) is 60.7 Å². The van der Waals surface area contributed by atoms with E-state index in [1.807, 2.05) is 68.5 Å². The highest BCUT2D eigenvalue weighted by atomic mass is 16.5. The van der Waals surface area contributed by atoms with Crippen molar-refractivity contribution < 1.29 is 58.1 Å². The number of hydrogen-bond donors (Lipinski definition) is 8. The summed E-state index contributed by atoms with van der Waals surface area (Å²) in [5, 5.41) is 35.9. The number of carbonyl (C=O) groups excluding carboxylic acids is 7. The second-order valence-electron chi connectivity index (χ2n) is 18.8. The van der Waals surface area contributed by atoms with Crippen LogP contribution in [0.5, 0.6) is 0 Å². The number of carbonyl (C=O) groups is 9.